The number of nitrogens with one attached hydrogen (secondary N) is 1. The lowest BCUT2D eigenvalue weighted by Crippen LogP contribution is -1.99. The van der Waals surface area contributed by atoms with E-state index in [9.17, 15) is 0 Å². The molecular weight excluding hydrogens is 288 g/mol. The number of pyridine rings is 1. The van der Waals surface area contributed by atoms with Crippen LogP contribution in [0.15, 0.2) is 34.2 Å². The Morgan fingerprint density at radius 1 is 1.44 bits per heavy atom. The zero-order chi connectivity index (χ0) is 11.4. The summed E-state index contributed by atoms with van der Waals surface area (Å²) in [6, 6.07) is 5.84. The van der Waals surface area contributed by atoms with E-state index in [0.29, 0.717) is 0 Å². The third-order valence-corrected chi connectivity index (χ3v) is 4.02. The first-order chi connectivity index (χ1) is 7.79. The summed E-state index contributed by atoms with van der Waals surface area (Å²) in [5.74, 6) is 1.61. The number of halogens is 1. The Bertz CT molecular complexity index is 455. The molecule has 0 amide bonds. The van der Waals surface area contributed by atoms with E-state index in [0.717, 1.165) is 22.6 Å². The van der Waals surface area contributed by atoms with Gasteiger partial charge in [-0.1, -0.05) is 0 Å². The molecule has 2 aromatic rings. The molecule has 1 N–H and O–H groups in total. The first kappa shape index (κ1) is 11.4. The molecule has 0 aliphatic carbocycles. The maximum Gasteiger partial charge on any atom is 0.137 e. The lowest BCUT2D eigenvalue weighted by Gasteiger charge is -2.05. The highest BCUT2D eigenvalue weighted by atomic mass is 79.9. The Morgan fingerprint density at radius 3 is 2.88 bits per heavy atom. The van der Waals surface area contributed by atoms with Crippen molar-refractivity contribution in [2.24, 2.45) is 0 Å². The molecule has 2 aromatic heterocycles. The summed E-state index contributed by atoms with van der Waals surface area (Å²) < 4.78 is 6.18. The smallest absolute Gasteiger partial charge is 0.137 e. The summed E-state index contributed by atoms with van der Waals surface area (Å²) in [4.78, 5) is 5.49. The van der Waals surface area contributed by atoms with Gasteiger partial charge in [0.2, 0.25) is 0 Å². The van der Waals surface area contributed by atoms with Crippen LogP contribution in [-0.2, 0) is 6.54 Å². The molecule has 5 heteroatoms. The van der Waals surface area contributed by atoms with Gasteiger partial charge in [0.05, 0.1) is 19.9 Å². The molecule has 3 nitrogen and oxygen atoms in total. The molecule has 0 atom stereocenters. The minimum absolute atomic E-state index is 0.767. The van der Waals surface area contributed by atoms with Crippen LogP contribution in [0.4, 0.5) is 5.82 Å². The van der Waals surface area contributed by atoms with Gasteiger partial charge in [-0.25, -0.2) is 4.98 Å². The Labute approximate surface area is 107 Å². The van der Waals surface area contributed by atoms with Crippen LogP contribution in [-0.4, -0.2) is 12.1 Å². The molecule has 2 rings (SSSR count). The molecule has 2 heterocycles. The highest BCUT2D eigenvalue weighted by molar-refractivity contribution is 9.10. The molecule has 0 bridgehead atoms. The van der Waals surface area contributed by atoms with Crippen molar-refractivity contribution in [2.75, 3.05) is 12.4 Å². The molecule has 0 saturated carbocycles. The summed E-state index contributed by atoms with van der Waals surface area (Å²) in [5.41, 5.74) is 0. The van der Waals surface area contributed by atoms with Gasteiger partial charge in [0.25, 0.3) is 0 Å². The summed E-state index contributed by atoms with van der Waals surface area (Å²) >= 11 is 5.21. The second-order valence-corrected chi connectivity index (χ2v) is 4.98. The molecular formula is C11H11BrN2OS. The average molecular weight is 299 g/mol. The van der Waals surface area contributed by atoms with Gasteiger partial charge >= 0.3 is 0 Å². The number of ether oxygens (including phenoxy) is 1. The van der Waals surface area contributed by atoms with Gasteiger partial charge < -0.3 is 10.1 Å². The van der Waals surface area contributed by atoms with Crippen molar-refractivity contribution in [1.29, 1.82) is 0 Å². The largest absolute Gasteiger partial charge is 0.495 e. The quantitative estimate of drug-likeness (QED) is 0.938. The zero-order valence-electron chi connectivity index (χ0n) is 8.74. The number of methoxy groups -OCH3 is 1. The van der Waals surface area contributed by atoms with E-state index in [1.54, 1.807) is 24.6 Å². The predicted octanol–water partition coefficient (Wildman–Crippen LogP) is 3.53. The molecule has 0 spiro atoms. The number of aromatic nitrogens is 1. The van der Waals surface area contributed by atoms with Crippen LogP contribution in [0.5, 0.6) is 5.75 Å². The summed E-state index contributed by atoms with van der Waals surface area (Å²) in [5, 5.41) is 5.31. The lowest BCUT2D eigenvalue weighted by molar-refractivity contribution is 0.413. The van der Waals surface area contributed by atoms with Crippen LogP contribution < -0.4 is 10.1 Å². The highest BCUT2D eigenvalue weighted by Gasteiger charge is 2.01. The van der Waals surface area contributed by atoms with E-state index in [2.05, 4.69) is 31.6 Å². The summed E-state index contributed by atoms with van der Waals surface area (Å²) in [6.07, 6.45) is 1.70. The molecule has 0 fully saturated rings. The monoisotopic (exact) mass is 298 g/mol. The van der Waals surface area contributed by atoms with Crippen LogP contribution in [0.3, 0.4) is 0 Å². The van der Waals surface area contributed by atoms with Crippen molar-refractivity contribution in [1.82, 2.24) is 4.98 Å². The topological polar surface area (TPSA) is 34.1 Å². The van der Waals surface area contributed by atoms with Gasteiger partial charge in [0.15, 0.2) is 0 Å². The van der Waals surface area contributed by atoms with Crippen molar-refractivity contribution in [2.45, 2.75) is 6.54 Å². The Morgan fingerprint density at radius 2 is 2.31 bits per heavy atom. The van der Waals surface area contributed by atoms with E-state index in [1.165, 1.54) is 4.88 Å². The third kappa shape index (κ3) is 2.74. The van der Waals surface area contributed by atoms with Crippen molar-refractivity contribution < 1.29 is 4.74 Å². The number of hydrogen-bond acceptors (Lipinski definition) is 4. The normalized spacial score (nSPS) is 10.1. The number of anilines is 1. The van der Waals surface area contributed by atoms with Gasteiger partial charge in [-0.2, -0.15) is 0 Å². The standard InChI is InChI=1S/C11H11BrN2OS/c1-15-8-2-3-11(13-6-8)14-7-10-9(12)4-5-16-10/h2-6H,7H2,1H3,(H,13,14). The minimum atomic E-state index is 0.767. The number of thiophene rings is 1. The second-order valence-electron chi connectivity index (χ2n) is 3.13. The van der Waals surface area contributed by atoms with E-state index in [-0.39, 0.29) is 0 Å². The van der Waals surface area contributed by atoms with Gasteiger partial charge in [0, 0.05) is 9.35 Å². The molecule has 16 heavy (non-hydrogen) atoms. The Kier molecular flexibility index (Phi) is 3.79. The van der Waals surface area contributed by atoms with Crippen molar-refractivity contribution in [3.63, 3.8) is 0 Å². The molecule has 0 aromatic carbocycles. The lowest BCUT2D eigenvalue weighted by atomic mass is 10.4. The van der Waals surface area contributed by atoms with Gasteiger partial charge in [0.1, 0.15) is 11.6 Å². The maximum atomic E-state index is 5.04. The van der Waals surface area contributed by atoms with Crippen molar-refractivity contribution >= 4 is 33.1 Å². The highest BCUT2D eigenvalue weighted by Crippen LogP contribution is 2.23. The molecule has 84 valence electrons. The molecule has 0 radical (unpaired) electrons. The fraction of sp³-hybridized carbons (Fsp3) is 0.182. The van der Waals surface area contributed by atoms with Gasteiger partial charge in [-0.3, -0.25) is 0 Å². The molecule has 0 saturated heterocycles. The molecule has 0 aliphatic rings. The first-order valence-electron chi connectivity index (χ1n) is 4.75. The second kappa shape index (κ2) is 5.32. The van der Waals surface area contributed by atoms with Crippen LogP contribution in [0.25, 0.3) is 0 Å². The fourth-order valence-corrected chi connectivity index (χ4v) is 2.66. The summed E-state index contributed by atoms with van der Waals surface area (Å²) in [6.45, 7) is 0.775. The molecule has 0 unspecified atom stereocenters. The van der Waals surface area contributed by atoms with E-state index in [1.807, 2.05) is 18.2 Å². The van der Waals surface area contributed by atoms with Crippen LogP contribution in [0.1, 0.15) is 4.88 Å². The molecule has 0 aliphatic heterocycles. The van der Waals surface area contributed by atoms with E-state index in [4.69, 9.17) is 4.74 Å². The fourth-order valence-electron chi connectivity index (χ4n) is 1.23. The first-order valence-corrected chi connectivity index (χ1v) is 6.42. The van der Waals surface area contributed by atoms with Crippen LogP contribution in [0.2, 0.25) is 0 Å². The summed E-state index contributed by atoms with van der Waals surface area (Å²) in [7, 11) is 1.63. The van der Waals surface area contributed by atoms with Crippen molar-refractivity contribution in [3.05, 3.63) is 39.1 Å². The Hall–Kier alpha value is -1.07. The van der Waals surface area contributed by atoms with Gasteiger partial charge in [-0.15, -0.1) is 11.3 Å². The van der Waals surface area contributed by atoms with E-state index < -0.39 is 0 Å². The van der Waals surface area contributed by atoms with Crippen LogP contribution in [0, 0.1) is 0 Å². The Balaban J connectivity index is 1.97. The maximum absolute atomic E-state index is 5.04. The van der Waals surface area contributed by atoms with E-state index >= 15 is 0 Å². The number of hydrogen-bond donors (Lipinski definition) is 1. The zero-order valence-corrected chi connectivity index (χ0v) is 11.1. The predicted molar refractivity (Wildman–Crippen MR) is 70.1 cm³/mol. The average Bonchev–Trinajstić information content (AvgIpc) is 2.73. The van der Waals surface area contributed by atoms with Crippen molar-refractivity contribution in [3.8, 4) is 5.75 Å². The van der Waals surface area contributed by atoms with Crippen LogP contribution >= 0.6 is 27.3 Å². The SMILES string of the molecule is COc1ccc(NCc2sccc2Br)nc1. The number of rotatable bonds is 4. The number of nitrogens with zero attached hydrogens (tertiary/aromatic N) is 1. The minimum Gasteiger partial charge on any atom is -0.495 e. The van der Waals surface area contributed by atoms with Gasteiger partial charge in [-0.05, 0) is 39.5 Å². The third-order valence-electron chi connectivity index (χ3n) is 2.09.